The molecule has 2 N–H and O–H groups in total. The number of carbonyl (C=O) groups excluding carboxylic acids is 2. The summed E-state index contributed by atoms with van der Waals surface area (Å²) in [4.78, 5) is 36.5. The molecule has 0 unspecified atom stereocenters. The second-order valence-electron chi connectivity index (χ2n) is 5.42. The average molecular weight is 400 g/mol. The van der Waals surface area contributed by atoms with Crippen LogP contribution in [0.1, 0.15) is 26.5 Å². The number of carbonyl (C=O) groups is 2. The normalized spacial score (nSPS) is 10.2. The molecule has 0 aromatic carbocycles. The zero-order valence-corrected chi connectivity index (χ0v) is 16.0. The molecule has 3 aromatic heterocycles. The minimum Gasteiger partial charge on any atom is -0.481 e. The van der Waals surface area contributed by atoms with Gasteiger partial charge in [0.2, 0.25) is 5.88 Å². The van der Waals surface area contributed by atoms with E-state index < -0.39 is 5.97 Å². The second-order valence-corrected chi connectivity index (χ2v) is 6.20. The predicted molar refractivity (Wildman–Crippen MR) is 102 cm³/mol. The molecule has 0 aliphatic rings. The van der Waals surface area contributed by atoms with Crippen molar-refractivity contribution in [3.05, 3.63) is 47.7 Å². The number of ether oxygens (including phenoxy) is 2. The van der Waals surface area contributed by atoms with Gasteiger partial charge in [-0.25, -0.2) is 14.8 Å². The van der Waals surface area contributed by atoms with Crippen LogP contribution in [0.4, 0.5) is 16.5 Å². The fourth-order valence-corrected chi connectivity index (χ4v) is 3.04. The van der Waals surface area contributed by atoms with Crippen LogP contribution in [0.3, 0.4) is 0 Å². The third-order valence-corrected chi connectivity index (χ3v) is 4.42. The van der Waals surface area contributed by atoms with Gasteiger partial charge in [-0.05, 0) is 24.5 Å². The van der Waals surface area contributed by atoms with Crippen LogP contribution in [0.2, 0.25) is 0 Å². The molecule has 0 aliphatic heterocycles. The molecule has 28 heavy (non-hydrogen) atoms. The summed E-state index contributed by atoms with van der Waals surface area (Å²) in [6, 6.07) is 3.32. The fraction of sp³-hybridized carbons (Fsp3) is 0.176. The van der Waals surface area contributed by atoms with Gasteiger partial charge in [0.25, 0.3) is 5.91 Å². The molecule has 3 heterocycles. The molecule has 3 aromatic rings. The summed E-state index contributed by atoms with van der Waals surface area (Å²) in [7, 11) is 2.77. The number of aryl methyl sites for hydroxylation is 1. The monoisotopic (exact) mass is 400 g/mol. The van der Waals surface area contributed by atoms with Crippen LogP contribution in [0, 0.1) is 6.92 Å². The first-order valence-corrected chi connectivity index (χ1v) is 8.74. The van der Waals surface area contributed by atoms with Crippen molar-refractivity contribution in [3.63, 3.8) is 0 Å². The highest BCUT2D eigenvalue weighted by Crippen LogP contribution is 2.28. The van der Waals surface area contributed by atoms with E-state index in [0.29, 0.717) is 27.8 Å². The van der Waals surface area contributed by atoms with Crippen molar-refractivity contribution in [2.45, 2.75) is 6.92 Å². The van der Waals surface area contributed by atoms with Crippen LogP contribution in [0.15, 0.2) is 30.7 Å². The van der Waals surface area contributed by atoms with Gasteiger partial charge in [0, 0.05) is 6.07 Å². The Kier molecular flexibility index (Phi) is 5.75. The van der Waals surface area contributed by atoms with Crippen molar-refractivity contribution in [1.82, 2.24) is 19.3 Å². The van der Waals surface area contributed by atoms with Crippen LogP contribution in [0.25, 0.3) is 0 Å². The van der Waals surface area contributed by atoms with E-state index in [4.69, 9.17) is 4.74 Å². The van der Waals surface area contributed by atoms with E-state index >= 15 is 0 Å². The largest absolute Gasteiger partial charge is 0.481 e. The molecule has 1 amide bonds. The van der Waals surface area contributed by atoms with Crippen molar-refractivity contribution in [1.29, 1.82) is 0 Å². The molecular weight excluding hydrogens is 384 g/mol. The topological polar surface area (TPSA) is 128 Å². The summed E-state index contributed by atoms with van der Waals surface area (Å²) in [5.74, 6) is -0.246. The molecule has 3 rings (SSSR count). The third-order valence-electron chi connectivity index (χ3n) is 3.56. The molecule has 11 heteroatoms. The van der Waals surface area contributed by atoms with E-state index in [1.54, 1.807) is 19.1 Å². The van der Waals surface area contributed by atoms with Crippen LogP contribution >= 0.6 is 11.5 Å². The van der Waals surface area contributed by atoms with Gasteiger partial charge in [-0.3, -0.25) is 9.78 Å². The number of amides is 1. The number of hydrogen-bond donors (Lipinski definition) is 2. The molecule has 0 atom stereocenters. The number of nitrogens with one attached hydrogen (secondary N) is 2. The van der Waals surface area contributed by atoms with Gasteiger partial charge in [0.1, 0.15) is 5.00 Å². The predicted octanol–water partition coefficient (Wildman–Crippen LogP) is 2.43. The average Bonchev–Trinajstić information content (AvgIpc) is 3.08. The smallest absolute Gasteiger partial charge is 0.358 e. The fourth-order valence-electron chi connectivity index (χ4n) is 2.24. The second kappa shape index (κ2) is 8.39. The molecule has 0 saturated carbocycles. The van der Waals surface area contributed by atoms with Crippen molar-refractivity contribution in [2.24, 2.45) is 0 Å². The Bertz CT molecular complexity index is 1010. The van der Waals surface area contributed by atoms with Gasteiger partial charge in [-0.1, -0.05) is 0 Å². The van der Waals surface area contributed by atoms with Crippen molar-refractivity contribution >= 4 is 39.9 Å². The van der Waals surface area contributed by atoms with Crippen molar-refractivity contribution in [2.75, 3.05) is 24.9 Å². The van der Waals surface area contributed by atoms with Crippen molar-refractivity contribution in [3.8, 4) is 5.88 Å². The number of anilines is 3. The van der Waals surface area contributed by atoms with E-state index in [1.165, 1.54) is 32.8 Å². The highest BCUT2D eigenvalue weighted by molar-refractivity contribution is 7.10. The Labute approximate surface area is 164 Å². The molecule has 144 valence electrons. The molecular formula is C17H16N6O4S. The summed E-state index contributed by atoms with van der Waals surface area (Å²) in [6.45, 7) is 1.72. The molecule has 0 saturated heterocycles. The lowest BCUT2D eigenvalue weighted by atomic mass is 10.2. The first-order valence-electron chi connectivity index (χ1n) is 7.97. The summed E-state index contributed by atoms with van der Waals surface area (Å²) in [5.41, 5.74) is 1.45. The molecule has 0 fully saturated rings. The van der Waals surface area contributed by atoms with Crippen LogP contribution in [-0.4, -0.2) is 45.4 Å². The van der Waals surface area contributed by atoms with Gasteiger partial charge >= 0.3 is 5.97 Å². The van der Waals surface area contributed by atoms with Crippen LogP contribution in [0.5, 0.6) is 5.88 Å². The number of rotatable bonds is 6. The lowest BCUT2D eigenvalue weighted by Crippen LogP contribution is -2.14. The minimum absolute atomic E-state index is 0.0454. The first kappa shape index (κ1) is 19.2. The lowest BCUT2D eigenvalue weighted by Gasteiger charge is -2.08. The van der Waals surface area contributed by atoms with Crippen LogP contribution < -0.4 is 15.4 Å². The maximum atomic E-state index is 12.7. The van der Waals surface area contributed by atoms with Crippen molar-refractivity contribution < 1.29 is 19.1 Å². The number of nitrogens with zero attached hydrogens (tertiary/aromatic N) is 4. The van der Waals surface area contributed by atoms with Gasteiger partial charge < -0.3 is 20.1 Å². The zero-order valence-electron chi connectivity index (χ0n) is 15.2. The molecule has 0 aliphatic carbocycles. The van der Waals surface area contributed by atoms with E-state index in [9.17, 15) is 9.59 Å². The zero-order chi connectivity index (χ0) is 20.1. The Morgan fingerprint density at radius 1 is 1.14 bits per heavy atom. The molecule has 0 bridgehead atoms. The molecule has 10 nitrogen and oxygen atoms in total. The first-order chi connectivity index (χ1) is 13.5. The minimum atomic E-state index is -0.610. The van der Waals surface area contributed by atoms with E-state index in [-0.39, 0.29) is 17.4 Å². The highest BCUT2D eigenvalue weighted by atomic mass is 32.1. The van der Waals surface area contributed by atoms with Gasteiger partial charge in [-0.2, -0.15) is 4.37 Å². The number of methoxy groups -OCH3 is 2. The Morgan fingerprint density at radius 3 is 2.64 bits per heavy atom. The standard InChI is InChI=1S/C17H16N6O4S/c1-9-14(15(24)20-10-4-5-13(26-2)19-6-10)16(28-23-9)22-12-8-18-7-11(21-12)17(25)27-3/h4-8H,1-3H3,(H,20,24)(H,21,22). The quantitative estimate of drug-likeness (QED) is 0.599. The Morgan fingerprint density at radius 2 is 1.96 bits per heavy atom. The number of esters is 1. The lowest BCUT2D eigenvalue weighted by molar-refractivity contribution is 0.0593. The summed E-state index contributed by atoms with van der Waals surface area (Å²) < 4.78 is 13.8. The highest BCUT2D eigenvalue weighted by Gasteiger charge is 2.20. The SMILES string of the molecule is COC(=O)c1cncc(Nc2snc(C)c2C(=O)Nc2ccc(OC)nc2)n1. The Hall–Kier alpha value is -3.60. The van der Waals surface area contributed by atoms with E-state index in [1.807, 2.05) is 0 Å². The number of aromatic nitrogens is 4. The van der Waals surface area contributed by atoms with Crippen LogP contribution in [-0.2, 0) is 4.74 Å². The number of pyridine rings is 1. The van der Waals surface area contributed by atoms with Gasteiger partial charge in [0.15, 0.2) is 11.5 Å². The molecule has 0 spiro atoms. The van der Waals surface area contributed by atoms with E-state index in [2.05, 4.69) is 34.7 Å². The summed E-state index contributed by atoms with van der Waals surface area (Å²) in [5, 5.41) is 6.20. The van der Waals surface area contributed by atoms with Gasteiger partial charge in [-0.15, -0.1) is 0 Å². The molecule has 0 radical (unpaired) electrons. The van der Waals surface area contributed by atoms with Gasteiger partial charge in [0.05, 0.1) is 49.8 Å². The maximum Gasteiger partial charge on any atom is 0.358 e. The summed E-state index contributed by atoms with van der Waals surface area (Å²) in [6.07, 6.45) is 4.21. The Balaban J connectivity index is 1.81. The number of hydrogen-bond acceptors (Lipinski definition) is 10. The van der Waals surface area contributed by atoms with E-state index in [0.717, 1.165) is 11.5 Å². The maximum absolute atomic E-state index is 12.7. The third kappa shape index (κ3) is 4.20. The summed E-state index contributed by atoms with van der Waals surface area (Å²) >= 11 is 1.09.